The number of carbonyl (C=O) groups excluding carboxylic acids is 2. The Labute approximate surface area is 171 Å². The van der Waals surface area contributed by atoms with Crippen molar-refractivity contribution in [3.05, 3.63) is 59.7 Å². The highest BCUT2D eigenvalue weighted by Crippen LogP contribution is 2.44. The van der Waals surface area contributed by atoms with Crippen LogP contribution < -0.4 is 16.0 Å². The maximum absolute atomic E-state index is 12.1. The summed E-state index contributed by atoms with van der Waals surface area (Å²) in [5.74, 6) is 0.341. The van der Waals surface area contributed by atoms with Crippen LogP contribution in [0.5, 0.6) is 0 Å². The van der Waals surface area contributed by atoms with Crippen molar-refractivity contribution >= 4 is 12.0 Å². The first-order chi connectivity index (χ1) is 14.2. The van der Waals surface area contributed by atoms with Crippen LogP contribution in [0.1, 0.15) is 29.9 Å². The first-order valence-corrected chi connectivity index (χ1v) is 10.3. The molecule has 0 aromatic heterocycles. The lowest BCUT2D eigenvalue weighted by Gasteiger charge is -2.22. The van der Waals surface area contributed by atoms with Gasteiger partial charge >= 0.3 is 6.09 Å². The molecule has 2 aliphatic rings. The van der Waals surface area contributed by atoms with Crippen LogP contribution in [0, 0.1) is 5.92 Å². The number of ether oxygens (including phenoxy) is 1. The van der Waals surface area contributed by atoms with Crippen molar-refractivity contribution in [3.63, 3.8) is 0 Å². The van der Waals surface area contributed by atoms with E-state index in [1.54, 1.807) is 0 Å². The second-order valence-electron chi connectivity index (χ2n) is 7.68. The van der Waals surface area contributed by atoms with E-state index >= 15 is 0 Å². The largest absolute Gasteiger partial charge is 0.449 e. The summed E-state index contributed by atoms with van der Waals surface area (Å²) in [6.45, 7) is 2.84. The molecule has 1 saturated heterocycles. The Hall–Kier alpha value is -2.86. The molecule has 1 heterocycles. The highest BCUT2D eigenvalue weighted by Gasteiger charge is 2.29. The molecule has 0 atom stereocenters. The Morgan fingerprint density at radius 2 is 1.55 bits per heavy atom. The average Bonchev–Trinajstić information content (AvgIpc) is 3.09. The third-order valence-electron chi connectivity index (χ3n) is 5.78. The van der Waals surface area contributed by atoms with Gasteiger partial charge in [-0.2, -0.15) is 0 Å². The van der Waals surface area contributed by atoms with Gasteiger partial charge in [-0.1, -0.05) is 48.5 Å². The van der Waals surface area contributed by atoms with E-state index in [1.807, 2.05) is 24.3 Å². The first-order valence-electron chi connectivity index (χ1n) is 10.3. The van der Waals surface area contributed by atoms with Crippen molar-refractivity contribution in [2.75, 3.05) is 32.8 Å². The number of benzene rings is 2. The zero-order valence-electron chi connectivity index (χ0n) is 16.4. The Morgan fingerprint density at radius 1 is 0.931 bits per heavy atom. The van der Waals surface area contributed by atoms with Crippen LogP contribution in [0.4, 0.5) is 4.79 Å². The standard InChI is InChI=1S/C23H27N3O3/c27-22(25-13-16-9-11-24-12-10-16)14-26-23(28)29-15-21-19-7-3-1-5-17(19)18-6-2-4-8-20(18)21/h1-8,16,21,24H,9-15H2,(H,25,27)(H,26,28). The predicted molar refractivity (Wildman–Crippen MR) is 112 cm³/mol. The third kappa shape index (κ3) is 4.59. The van der Waals surface area contributed by atoms with Gasteiger partial charge in [0.15, 0.2) is 0 Å². The molecule has 1 fully saturated rings. The predicted octanol–water partition coefficient (Wildman–Crippen LogP) is 2.64. The number of fused-ring (bicyclic) bond motifs is 3. The van der Waals surface area contributed by atoms with Gasteiger partial charge in [-0.05, 0) is 54.1 Å². The summed E-state index contributed by atoms with van der Waals surface area (Å²) in [7, 11) is 0. The molecule has 0 saturated carbocycles. The Kier molecular flexibility index (Phi) is 6.10. The van der Waals surface area contributed by atoms with Gasteiger partial charge in [-0.3, -0.25) is 4.79 Å². The molecule has 152 valence electrons. The maximum Gasteiger partial charge on any atom is 0.407 e. The summed E-state index contributed by atoms with van der Waals surface area (Å²) in [5.41, 5.74) is 4.71. The quantitative estimate of drug-likeness (QED) is 0.705. The number of rotatable bonds is 6. The van der Waals surface area contributed by atoms with Gasteiger partial charge in [0.1, 0.15) is 6.61 Å². The lowest BCUT2D eigenvalue weighted by molar-refractivity contribution is -0.120. The maximum atomic E-state index is 12.1. The van der Waals surface area contributed by atoms with Crippen LogP contribution in [-0.4, -0.2) is 44.8 Å². The molecule has 6 heteroatoms. The zero-order valence-corrected chi connectivity index (χ0v) is 16.4. The van der Waals surface area contributed by atoms with E-state index in [-0.39, 0.29) is 25.0 Å². The number of amides is 2. The number of carbonyl (C=O) groups is 2. The molecule has 2 aromatic carbocycles. The van der Waals surface area contributed by atoms with Gasteiger partial charge in [0, 0.05) is 12.5 Å². The number of hydrogen-bond acceptors (Lipinski definition) is 4. The van der Waals surface area contributed by atoms with Crippen molar-refractivity contribution in [2.45, 2.75) is 18.8 Å². The van der Waals surface area contributed by atoms with Crippen LogP contribution in [0.3, 0.4) is 0 Å². The monoisotopic (exact) mass is 393 g/mol. The van der Waals surface area contributed by atoms with Gasteiger partial charge in [0.05, 0.1) is 6.54 Å². The third-order valence-corrected chi connectivity index (χ3v) is 5.78. The zero-order chi connectivity index (χ0) is 20.1. The summed E-state index contributed by atoms with van der Waals surface area (Å²) >= 11 is 0. The van der Waals surface area contributed by atoms with Crippen LogP contribution >= 0.6 is 0 Å². The summed E-state index contributed by atoms with van der Waals surface area (Å²) in [4.78, 5) is 24.1. The highest BCUT2D eigenvalue weighted by molar-refractivity contribution is 5.82. The minimum atomic E-state index is -0.566. The molecule has 0 spiro atoms. The van der Waals surface area contributed by atoms with Crippen molar-refractivity contribution < 1.29 is 14.3 Å². The smallest absolute Gasteiger partial charge is 0.407 e. The summed E-state index contributed by atoms with van der Waals surface area (Å²) < 4.78 is 5.45. The van der Waals surface area contributed by atoms with Crippen molar-refractivity contribution in [1.29, 1.82) is 0 Å². The number of nitrogens with one attached hydrogen (secondary N) is 3. The first kappa shape index (κ1) is 19.5. The molecule has 2 amide bonds. The van der Waals surface area contributed by atoms with Crippen molar-refractivity contribution in [2.24, 2.45) is 5.92 Å². The van der Waals surface area contributed by atoms with Crippen molar-refractivity contribution in [1.82, 2.24) is 16.0 Å². The van der Waals surface area contributed by atoms with E-state index in [9.17, 15) is 9.59 Å². The molecule has 2 aromatic rings. The fraction of sp³-hybridized carbons (Fsp3) is 0.391. The molecular weight excluding hydrogens is 366 g/mol. The second-order valence-corrected chi connectivity index (χ2v) is 7.68. The Bertz CT molecular complexity index is 832. The minimum absolute atomic E-state index is 0.0156. The SMILES string of the molecule is O=C(CNC(=O)OCC1c2ccccc2-c2ccccc21)NCC1CCNCC1. The number of piperidine rings is 1. The summed E-state index contributed by atoms with van der Waals surface area (Å²) in [5, 5.41) is 8.76. The molecule has 0 radical (unpaired) electrons. The van der Waals surface area contributed by atoms with E-state index in [0.29, 0.717) is 12.5 Å². The molecule has 1 aliphatic heterocycles. The van der Waals surface area contributed by atoms with E-state index < -0.39 is 6.09 Å². The number of hydrogen-bond donors (Lipinski definition) is 3. The fourth-order valence-electron chi connectivity index (χ4n) is 4.21. The van der Waals surface area contributed by atoms with Crippen LogP contribution in [-0.2, 0) is 9.53 Å². The van der Waals surface area contributed by atoms with E-state index in [1.165, 1.54) is 22.3 Å². The normalized spacial score (nSPS) is 16.0. The van der Waals surface area contributed by atoms with E-state index in [0.717, 1.165) is 25.9 Å². The summed E-state index contributed by atoms with van der Waals surface area (Å²) in [6, 6.07) is 16.4. The van der Waals surface area contributed by atoms with Gasteiger partial charge < -0.3 is 20.7 Å². The highest BCUT2D eigenvalue weighted by atomic mass is 16.5. The molecule has 0 unspecified atom stereocenters. The van der Waals surface area contributed by atoms with E-state index in [2.05, 4.69) is 40.2 Å². The average molecular weight is 393 g/mol. The Balaban J connectivity index is 1.25. The lowest BCUT2D eigenvalue weighted by Crippen LogP contribution is -2.41. The molecule has 3 N–H and O–H groups in total. The summed E-state index contributed by atoms with van der Waals surface area (Å²) in [6.07, 6.45) is 1.57. The van der Waals surface area contributed by atoms with Crippen LogP contribution in [0.15, 0.2) is 48.5 Å². The van der Waals surface area contributed by atoms with Gasteiger partial charge in [-0.15, -0.1) is 0 Å². The lowest BCUT2D eigenvalue weighted by atomic mass is 9.98. The topological polar surface area (TPSA) is 79.5 Å². The van der Waals surface area contributed by atoms with Gasteiger partial charge in [0.25, 0.3) is 0 Å². The molecule has 6 nitrogen and oxygen atoms in total. The van der Waals surface area contributed by atoms with Crippen LogP contribution in [0.2, 0.25) is 0 Å². The molecule has 29 heavy (non-hydrogen) atoms. The van der Waals surface area contributed by atoms with E-state index in [4.69, 9.17) is 4.74 Å². The van der Waals surface area contributed by atoms with Crippen molar-refractivity contribution in [3.8, 4) is 11.1 Å². The van der Waals surface area contributed by atoms with Crippen LogP contribution in [0.25, 0.3) is 11.1 Å². The molecule has 0 bridgehead atoms. The van der Waals surface area contributed by atoms with Gasteiger partial charge in [-0.25, -0.2) is 4.79 Å². The second kappa shape index (κ2) is 9.09. The number of alkyl carbamates (subject to hydrolysis) is 1. The fourth-order valence-corrected chi connectivity index (χ4v) is 4.21. The Morgan fingerprint density at radius 3 is 2.21 bits per heavy atom. The molecule has 1 aliphatic carbocycles. The van der Waals surface area contributed by atoms with Gasteiger partial charge in [0.2, 0.25) is 5.91 Å². The molecular formula is C23H27N3O3. The molecule has 4 rings (SSSR count). The minimum Gasteiger partial charge on any atom is -0.449 e.